The molecule has 0 unspecified atom stereocenters. The zero-order chi connectivity index (χ0) is 25.0. The third-order valence-corrected chi connectivity index (χ3v) is 4.05. The molecule has 1 rings (SSSR count). The van der Waals surface area contributed by atoms with Crippen LogP contribution in [0.15, 0.2) is 12.2 Å². The van der Waals surface area contributed by atoms with Gasteiger partial charge < -0.3 is 40.0 Å². The van der Waals surface area contributed by atoms with Crippen LogP contribution in [0.1, 0.15) is 0 Å². The van der Waals surface area contributed by atoms with Crippen LogP contribution in [-0.2, 0) is 42.9 Å². The molecular formula is C20H32N4O10. The van der Waals surface area contributed by atoms with Gasteiger partial charge in [0.1, 0.15) is 19.8 Å². The van der Waals surface area contributed by atoms with E-state index in [1.54, 1.807) is 0 Å². The number of hydrogen-bond donors (Lipinski definition) is 4. The molecule has 0 saturated heterocycles. The van der Waals surface area contributed by atoms with Gasteiger partial charge in [0.25, 0.3) is 11.8 Å². The smallest absolute Gasteiger partial charge is 0.253 e. The lowest BCUT2D eigenvalue weighted by molar-refractivity contribution is -0.137. The summed E-state index contributed by atoms with van der Waals surface area (Å²) in [5.41, 5.74) is 0. The molecule has 0 aromatic rings. The number of aliphatic hydroxyl groups is 1. The van der Waals surface area contributed by atoms with Gasteiger partial charge in [-0.3, -0.25) is 28.9 Å². The summed E-state index contributed by atoms with van der Waals surface area (Å²) in [6.45, 7) is 1.35. The minimum Gasteiger partial charge on any atom is -0.387 e. The first-order chi connectivity index (χ1) is 16.4. The van der Waals surface area contributed by atoms with E-state index in [0.717, 1.165) is 4.90 Å². The fourth-order valence-electron chi connectivity index (χ4n) is 2.41. The standard InChI is InChI=1S/C20H32N4O10/c25-13-16(26)22-4-7-31-9-12-34-15-18(28)23-5-8-32-10-11-33-14-17(27)21-3-6-24-19(29)1-2-20(24)30/h1-2,25H,3-15H2,(H,21,27)(H,22,26)(H,23,28). The number of imide groups is 1. The average Bonchev–Trinajstić information content (AvgIpc) is 3.14. The largest absolute Gasteiger partial charge is 0.387 e. The summed E-state index contributed by atoms with van der Waals surface area (Å²) in [5, 5.41) is 16.1. The molecule has 14 nitrogen and oxygen atoms in total. The Balaban J connectivity index is 1.83. The molecule has 0 aliphatic carbocycles. The fourth-order valence-corrected chi connectivity index (χ4v) is 2.41. The van der Waals surface area contributed by atoms with Crippen molar-refractivity contribution in [2.75, 3.05) is 85.6 Å². The van der Waals surface area contributed by atoms with E-state index in [-0.39, 0.29) is 90.8 Å². The Morgan fingerprint density at radius 2 is 1.12 bits per heavy atom. The van der Waals surface area contributed by atoms with E-state index in [2.05, 4.69) is 16.0 Å². The average molecular weight is 488 g/mol. The molecule has 0 fully saturated rings. The van der Waals surface area contributed by atoms with Gasteiger partial charge in [-0.1, -0.05) is 0 Å². The van der Waals surface area contributed by atoms with Crippen LogP contribution >= 0.6 is 0 Å². The van der Waals surface area contributed by atoms with Crippen LogP contribution in [0.5, 0.6) is 0 Å². The van der Waals surface area contributed by atoms with E-state index in [1.807, 2.05) is 0 Å². The zero-order valence-corrected chi connectivity index (χ0v) is 18.9. The predicted octanol–water partition coefficient (Wildman–Crippen LogP) is -3.68. The molecule has 5 amide bonds. The second-order valence-electron chi connectivity index (χ2n) is 6.70. The second-order valence-corrected chi connectivity index (χ2v) is 6.70. The lowest BCUT2D eigenvalue weighted by atomic mass is 10.5. The van der Waals surface area contributed by atoms with E-state index in [1.165, 1.54) is 12.2 Å². The van der Waals surface area contributed by atoms with Gasteiger partial charge >= 0.3 is 0 Å². The van der Waals surface area contributed by atoms with Crippen LogP contribution < -0.4 is 16.0 Å². The normalized spacial score (nSPS) is 12.8. The molecule has 1 aliphatic rings. The summed E-state index contributed by atoms with van der Waals surface area (Å²) in [4.78, 5) is 57.7. The number of amides is 5. The fraction of sp³-hybridized carbons (Fsp3) is 0.650. The maximum absolute atomic E-state index is 11.6. The molecule has 0 spiro atoms. The summed E-state index contributed by atoms with van der Waals surface area (Å²) in [6.07, 6.45) is 2.36. The number of aliphatic hydroxyl groups excluding tert-OH is 1. The number of nitrogens with one attached hydrogen (secondary N) is 3. The Kier molecular flexibility index (Phi) is 15.9. The van der Waals surface area contributed by atoms with Crippen molar-refractivity contribution in [1.29, 1.82) is 0 Å². The molecule has 0 radical (unpaired) electrons. The minimum absolute atomic E-state index is 0.0943. The molecule has 0 aromatic heterocycles. The molecule has 4 N–H and O–H groups in total. The molecule has 0 bridgehead atoms. The van der Waals surface area contributed by atoms with Crippen LogP contribution in [0.3, 0.4) is 0 Å². The first-order valence-electron chi connectivity index (χ1n) is 10.7. The first-order valence-corrected chi connectivity index (χ1v) is 10.7. The highest BCUT2D eigenvalue weighted by Gasteiger charge is 2.22. The lowest BCUT2D eigenvalue weighted by Gasteiger charge is -2.14. The van der Waals surface area contributed by atoms with E-state index < -0.39 is 24.3 Å². The van der Waals surface area contributed by atoms with Crippen LogP contribution in [-0.4, -0.2) is 125 Å². The zero-order valence-electron chi connectivity index (χ0n) is 18.9. The van der Waals surface area contributed by atoms with Gasteiger partial charge in [0.15, 0.2) is 0 Å². The van der Waals surface area contributed by atoms with Crippen molar-refractivity contribution < 1.29 is 48.0 Å². The molecule has 0 saturated carbocycles. The number of carbonyl (C=O) groups excluding carboxylic acids is 5. The van der Waals surface area contributed by atoms with Gasteiger partial charge in [-0.05, 0) is 0 Å². The second kappa shape index (κ2) is 18.5. The van der Waals surface area contributed by atoms with Crippen molar-refractivity contribution in [3.63, 3.8) is 0 Å². The van der Waals surface area contributed by atoms with Gasteiger partial charge in [0.05, 0.1) is 39.6 Å². The van der Waals surface area contributed by atoms with Crippen LogP contribution in [0, 0.1) is 0 Å². The first kappa shape index (κ1) is 29.1. The summed E-state index contributed by atoms with van der Waals surface area (Å²) in [6, 6.07) is 0. The molecular weight excluding hydrogens is 456 g/mol. The summed E-state index contributed by atoms with van der Waals surface area (Å²) < 4.78 is 20.8. The van der Waals surface area contributed by atoms with Gasteiger partial charge in [0.2, 0.25) is 17.7 Å². The van der Waals surface area contributed by atoms with Crippen LogP contribution in [0.25, 0.3) is 0 Å². The summed E-state index contributed by atoms with van der Waals surface area (Å²) in [7, 11) is 0. The Hall–Kier alpha value is -2.91. The molecule has 192 valence electrons. The highest BCUT2D eigenvalue weighted by atomic mass is 16.5. The number of rotatable bonds is 20. The Bertz CT molecular complexity index is 683. The maximum atomic E-state index is 11.6. The SMILES string of the molecule is O=C(CO)NCCOCCOCC(=O)NCCOCCOCC(=O)NCCN1C(=O)C=CC1=O. The Morgan fingerprint density at radius 3 is 1.62 bits per heavy atom. The number of ether oxygens (including phenoxy) is 4. The minimum atomic E-state index is -0.565. The molecule has 34 heavy (non-hydrogen) atoms. The third kappa shape index (κ3) is 14.3. The van der Waals surface area contributed by atoms with Crippen LogP contribution in [0.4, 0.5) is 0 Å². The topological polar surface area (TPSA) is 182 Å². The van der Waals surface area contributed by atoms with Crippen LogP contribution in [0.2, 0.25) is 0 Å². The van der Waals surface area contributed by atoms with Crippen molar-refractivity contribution >= 4 is 29.5 Å². The van der Waals surface area contributed by atoms with Crippen molar-refractivity contribution in [2.45, 2.75) is 0 Å². The van der Waals surface area contributed by atoms with Gasteiger partial charge in [-0.25, -0.2) is 0 Å². The highest BCUT2D eigenvalue weighted by Crippen LogP contribution is 2.01. The van der Waals surface area contributed by atoms with Crippen molar-refractivity contribution in [3.8, 4) is 0 Å². The number of hydrogen-bond acceptors (Lipinski definition) is 10. The number of nitrogens with zero attached hydrogens (tertiary/aromatic N) is 1. The summed E-state index contributed by atoms with van der Waals surface area (Å²) in [5.74, 6) is -1.96. The van der Waals surface area contributed by atoms with Crippen molar-refractivity contribution in [3.05, 3.63) is 12.2 Å². The lowest BCUT2D eigenvalue weighted by Crippen LogP contribution is -2.39. The van der Waals surface area contributed by atoms with Gasteiger partial charge in [-0.15, -0.1) is 0 Å². The number of carbonyl (C=O) groups is 5. The van der Waals surface area contributed by atoms with Crippen molar-refractivity contribution in [2.24, 2.45) is 0 Å². The molecule has 0 atom stereocenters. The molecule has 1 aliphatic heterocycles. The van der Waals surface area contributed by atoms with E-state index in [4.69, 9.17) is 24.1 Å². The van der Waals surface area contributed by atoms with E-state index >= 15 is 0 Å². The Labute approximate surface area is 196 Å². The Morgan fingerprint density at radius 1 is 0.676 bits per heavy atom. The van der Waals surface area contributed by atoms with E-state index in [9.17, 15) is 24.0 Å². The quantitative estimate of drug-likeness (QED) is 0.0984. The monoisotopic (exact) mass is 488 g/mol. The van der Waals surface area contributed by atoms with E-state index in [0.29, 0.717) is 0 Å². The maximum Gasteiger partial charge on any atom is 0.253 e. The summed E-state index contributed by atoms with van der Waals surface area (Å²) >= 11 is 0. The molecule has 14 heteroatoms. The highest BCUT2D eigenvalue weighted by molar-refractivity contribution is 6.12. The van der Waals surface area contributed by atoms with Gasteiger partial charge in [-0.2, -0.15) is 0 Å². The third-order valence-electron chi connectivity index (χ3n) is 4.05. The van der Waals surface area contributed by atoms with Crippen molar-refractivity contribution in [1.82, 2.24) is 20.9 Å². The predicted molar refractivity (Wildman–Crippen MR) is 115 cm³/mol. The molecule has 1 heterocycles. The van der Waals surface area contributed by atoms with Gasteiger partial charge in [0, 0.05) is 38.3 Å². The molecule has 0 aromatic carbocycles.